The summed E-state index contributed by atoms with van der Waals surface area (Å²) in [5.41, 5.74) is 1.27. The van der Waals surface area contributed by atoms with Crippen LogP contribution < -0.4 is 0 Å². The number of ether oxygens (including phenoxy) is 1. The summed E-state index contributed by atoms with van der Waals surface area (Å²) in [6.07, 6.45) is 6.12. The predicted molar refractivity (Wildman–Crippen MR) is 80.0 cm³/mol. The molecule has 0 aliphatic carbocycles. The van der Waals surface area contributed by atoms with E-state index in [1.165, 1.54) is 12.0 Å². The summed E-state index contributed by atoms with van der Waals surface area (Å²) in [7, 11) is 1.95. The van der Waals surface area contributed by atoms with Gasteiger partial charge in [0.25, 0.3) is 0 Å². The highest BCUT2D eigenvalue weighted by molar-refractivity contribution is 5.12. The monoisotopic (exact) mass is 294 g/mol. The van der Waals surface area contributed by atoms with E-state index < -0.39 is 0 Å². The van der Waals surface area contributed by atoms with E-state index in [9.17, 15) is 5.11 Å². The van der Waals surface area contributed by atoms with E-state index in [1.807, 2.05) is 17.9 Å². The van der Waals surface area contributed by atoms with Crippen molar-refractivity contribution < 1.29 is 9.84 Å². The first kappa shape index (κ1) is 15.0. The first-order valence-corrected chi connectivity index (χ1v) is 7.93. The lowest BCUT2D eigenvalue weighted by Gasteiger charge is -2.31. The zero-order valence-corrected chi connectivity index (χ0v) is 12.8. The number of morpholine rings is 1. The van der Waals surface area contributed by atoms with Crippen LogP contribution in [0, 0.1) is 0 Å². The molecule has 6 heteroatoms. The van der Waals surface area contributed by atoms with E-state index in [0.29, 0.717) is 6.04 Å². The molecule has 21 heavy (non-hydrogen) atoms. The maximum absolute atomic E-state index is 10.4. The van der Waals surface area contributed by atoms with Crippen molar-refractivity contribution in [1.29, 1.82) is 0 Å². The van der Waals surface area contributed by atoms with Crippen LogP contribution in [0.1, 0.15) is 24.4 Å². The fraction of sp³-hybridized carbons (Fsp3) is 0.800. The van der Waals surface area contributed by atoms with Crippen LogP contribution in [0.5, 0.6) is 0 Å². The van der Waals surface area contributed by atoms with Crippen LogP contribution in [0.4, 0.5) is 0 Å². The molecule has 0 radical (unpaired) electrons. The van der Waals surface area contributed by atoms with Crippen molar-refractivity contribution in [2.45, 2.75) is 25.0 Å². The third-order valence-corrected chi connectivity index (χ3v) is 4.49. The normalized spacial score (nSPS) is 26.3. The Morgan fingerprint density at radius 2 is 2.14 bits per heavy atom. The standard InChI is InChI=1S/C15H26N4O2/c1-17-10-13(9-16-17)15-3-2-4-19(15)12-14(20)11-18-5-7-21-8-6-18/h9-10,14-15,20H,2-8,11-12H2,1H3/t14-,15+/m1/s1. The Bertz CT molecular complexity index is 445. The molecule has 2 aliphatic rings. The number of hydrogen-bond acceptors (Lipinski definition) is 5. The first-order valence-electron chi connectivity index (χ1n) is 7.93. The summed E-state index contributed by atoms with van der Waals surface area (Å²) in [6.45, 7) is 6.01. The lowest BCUT2D eigenvalue weighted by molar-refractivity contribution is 0.00585. The Balaban J connectivity index is 1.53. The molecule has 0 aromatic carbocycles. The molecule has 2 fully saturated rings. The molecule has 3 heterocycles. The summed E-state index contributed by atoms with van der Waals surface area (Å²) >= 11 is 0. The van der Waals surface area contributed by atoms with Gasteiger partial charge in [-0.3, -0.25) is 14.5 Å². The fourth-order valence-corrected chi connectivity index (χ4v) is 3.44. The van der Waals surface area contributed by atoms with Crippen molar-refractivity contribution in [3.8, 4) is 0 Å². The van der Waals surface area contributed by atoms with Gasteiger partial charge in [-0.1, -0.05) is 0 Å². The molecular weight excluding hydrogens is 268 g/mol. The van der Waals surface area contributed by atoms with Gasteiger partial charge in [-0.2, -0.15) is 5.10 Å². The quantitative estimate of drug-likeness (QED) is 0.844. The highest BCUT2D eigenvalue weighted by Gasteiger charge is 2.29. The Morgan fingerprint density at radius 3 is 2.86 bits per heavy atom. The molecule has 6 nitrogen and oxygen atoms in total. The van der Waals surface area contributed by atoms with E-state index >= 15 is 0 Å². The molecule has 0 bridgehead atoms. The van der Waals surface area contributed by atoms with Crippen LogP contribution in [0.2, 0.25) is 0 Å². The minimum atomic E-state index is -0.291. The molecule has 3 rings (SSSR count). The van der Waals surface area contributed by atoms with E-state index in [4.69, 9.17) is 4.74 Å². The van der Waals surface area contributed by atoms with Crippen molar-refractivity contribution in [2.24, 2.45) is 7.05 Å². The maximum atomic E-state index is 10.4. The van der Waals surface area contributed by atoms with Crippen molar-refractivity contribution in [2.75, 3.05) is 45.9 Å². The van der Waals surface area contributed by atoms with Crippen molar-refractivity contribution in [3.63, 3.8) is 0 Å². The van der Waals surface area contributed by atoms with Gasteiger partial charge in [0.2, 0.25) is 0 Å². The minimum Gasteiger partial charge on any atom is -0.390 e. The average Bonchev–Trinajstić information content (AvgIpc) is 3.08. The maximum Gasteiger partial charge on any atom is 0.0794 e. The zero-order chi connectivity index (χ0) is 14.7. The van der Waals surface area contributed by atoms with Gasteiger partial charge in [-0.15, -0.1) is 0 Å². The summed E-state index contributed by atoms with van der Waals surface area (Å²) in [5.74, 6) is 0. The SMILES string of the molecule is Cn1cc([C@@H]2CCCN2C[C@H](O)CN2CCOCC2)cn1. The van der Waals surface area contributed by atoms with Crippen molar-refractivity contribution >= 4 is 0 Å². The van der Waals surface area contributed by atoms with Gasteiger partial charge < -0.3 is 9.84 Å². The summed E-state index contributed by atoms with van der Waals surface area (Å²) < 4.78 is 7.21. The number of aromatic nitrogens is 2. The Kier molecular flexibility index (Phi) is 4.90. The number of β-amino-alcohol motifs (C(OH)–C–C–N with tert-alkyl or cyclic N) is 1. The lowest BCUT2D eigenvalue weighted by atomic mass is 10.1. The second-order valence-electron chi connectivity index (χ2n) is 6.17. The molecule has 2 saturated heterocycles. The van der Waals surface area contributed by atoms with Crippen LogP contribution in [-0.2, 0) is 11.8 Å². The number of likely N-dealkylation sites (tertiary alicyclic amines) is 1. The minimum absolute atomic E-state index is 0.291. The largest absolute Gasteiger partial charge is 0.390 e. The Labute approximate surface area is 126 Å². The smallest absolute Gasteiger partial charge is 0.0794 e. The summed E-state index contributed by atoms with van der Waals surface area (Å²) in [6, 6.07) is 0.415. The van der Waals surface area contributed by atoms with Gasteiger partial charge in [0.05, 0.1) is 25.5 Å². The molecular formula is C15H26N4O2. The average molecular weight is 294 g/mol. The van der Waals surface area contributed by atoms with Gasteiger partial charge >= 0.3 is 0 Å². The number of aliphatic hydroxyl groups excluding tert-OH is 1. The Hall–Kier alpha value is -0.950. The van der Waals surface area contributed by atoms with Gasteiger partial charge in [0.15, 0.2) is 0 Å². The number of hydrogen-bond donors (Lipinski definition) is 1. The second kappa shape index (κ2) is 6.87. The van der Waals surface area contributed by atoms with Crippen molar-refractivity contribution in [3.05, 3.63) is 18.0 Å². The number of aliphatic hydroxyl groups is 1. The van der Waals surface area contributed by atoms with Gasteiger partial charge in [0, 0.05) is 51.0 Å². The van der Waals surface area contributed by atoms with Gasteiger partial charge in [-0.25, -0.2) is 0 Å². The molecule has 118 valence electrons. The topological polar surface area (TPSA) is 53.8 Å². The van der Waals surface area contributed by atoms with Gasteiger partial charge in [-0.05, 0) is 19.4 Å². The van der Waals surface area contributed by atoms with E-state index in [-0.39, 0.29) is 6.10 Å². The second-order valence-corrected chi connectivity index (χ2v) is 6.17. The van der Waals surface area contributed by atoms with Crippen LogP contribution in [0.3, 0.4) is 0 Å². The van der Waals surface area contributed by atoms with E-state index in [1.54, 1.807) is 0 Å². The molecule has 0 amide bonds. The molecule has 2 aliphatic heterocycles. The summed E-state index contributed by atoms with van der Waals surface area (Å²) in [5, 5.41) is 14.7. The van der Waals surface area contributed by atoms with Crippen molar-refractivity contribution in [1.82, 2.24) is 19.6 Å². The predicted octanol–water partition coefficient (Wildman–Crippen LogP) is 0.250. The molecule has 0 spiro atoms. The van der Waals surface area contributed by atoms with Crippen LogP contribution in [-0.4, -0.2) is 76.7 Å². The number of rotatable bonds is 5. The highest BCUT2D eigenvalue weighted by atomic mass is 16.5. The fourth-order valence-electron chi connectivity index (χ4n) is 3.44. The molecule has 1 N–H and O–H groups in total. The van der Waals surface area contributed by atoms with Gasteiger partial charge in [0.1, 0.15) is 0 Å². The van der Waals surface area contributed by atoms with Crippen LogP contribution in [0.15, 0.2) is 12.4 Å². The molecule has 1 aromatic rings. The highest BCUT2D eigenvalue weighted by Crippen LogP contribution is 2.31. The van der Waals surface area contributed by atoms with Crippen LogP contribution in [0.25, 0.3) is 0 Å². The first-order chi connectivity index (χ1) is 10.2. The van der Waals surface area contributed by atoms with E-state index in [2.05, 4.69) is 21.1 Å². The lowest BCUT2D eigenvalue weighted by Crippen LogP contribution is -2.44. The number of nitrogens with zero attached hydrogens (tertiary/aromatic N) is 4. The van der Waals surface area contributed by atoms with Crippen LogP contribution >= 0.6 is 0 Å². The molecule has 2 atom stereocenters. The molecule has 1 aromatic heterocycles. The summed E-state index contributed by atoms with van der Waals surface area (Å²) in [4.78, 5) is 4.70. The number of aryl methyl sites for hydroxylation is 1. The third kappa shape index (κ3) is 3.83. The van der Waals surface area contributed by atoms with E-state index in [0.717, 1.165) is 52.4 Å². The Morgan fingerprint density at radius 1 is 1.33 bits per heavy atom. The molecule has 0 saturated carbocycles. The third-order valence-electron chi connectivity index (χ3n) is 4.49. The molecule has 0 unspecified atom stereocenters. The zero-order valence-electron chi connectivity index (χ0n) is 12.8.